The second-order valence-electron chi connectivity index (χ2n) is 9.83. The molecule has 1 amide bonds. The Morgan fingerprint density at radius 3 is 2.74 bits per heavy atom. The number of nitrogens with one attached hydrogen (secondary N) is 2. The Bertz CT molecular complexity index is 1620. The largest absolute Gasteiger partial charge is 0.340 e. The second kappa shape index (κ2) is 9.27. The Balaban J connectivity index is 1.44. The average molecular weight is 533 g/mol. The number of halogens is 3. The third-order valence-electron chi connectivity index (χ3n) is 7.30. The normalized spacial score (nSPS) is 19.2. The summed E-state index contributed by atoms with van der Waals surface area (Å²) in [4.78, 5) is 26.1. The van der Waals surface area contributed by atoms with Crippen LogP contribution in [0.1, 0.15) is 38.2 Å². The highest BCUT2D eigenvalue weighted by Gasteiger charge is 2.44. The molecule has 1 fully saturated rings. The van der Waals surface area contributed by atoms with Gasteiger partial charge < -0.3 is 10.2 Å². The number of alkyl halides is 2. The van der Waals surface area contributed by atoms with E-state index in [1.165, 1.54) is 23.4 Å². The lowest BCUT2D eigenvalue weighted by Gasteiger charge is -2.46. The zero-order valence-electron chi connectivity index (χ0n) is 20.8. The Hall–Kier alpha value is -4.66. The van der Waals surface area contributed by atoms with Crippen LogP contribution in [0.15, 0.2) is 48.8 Å². The summed E-state index contributed by atoms with van der Waals surface area (Å²) in [7, 11) is 0. The third-order valence-corrected chi connectivity index (χ3v) is 7.30. The summed E-state index contributed by atoms with van der Waals surface area (Å²) in [5.41, 5.74) is 1.88. The molecule has 12 heteroatoms. The minimum absolute atomic E-state index is 0.148. The van der Waals surface area contributed by atoms with Crippen molar-refractivity contribution in [3.63, 3.8) is 0 Å². The Kier molecular flexibility index (Phi) is 5.86. The Morgan fingerprint density at radius 2 is 1.97 bits per heavy atom. The molecule has 3 heterocycles. The van der Waals surface area contributed by atoms with Gasteiger partial charge in [0.15, 0.2) is 11.6 Å². The maximum Gasteiger partial charge on any atom is 0.254 e. The van der Waals surface area contributed by atoms with E-state index in [2.05, 4.69) is 26.6 Å². The minimum Gasteiger partial charge on any atom is -0.340 e. The molecule has 4 aromatic rings. The van der Waals surface area contributed by atoms with Crippen LogP contribution in [0.25, 0.3) is 10.9 Å². The number of nitrogens with zero attached hydrogens (tertiary/aromatic N) is 6. The van der Waals surface area contributed by atoms with E-state index >= 15 is 0 Å². The molecule has 1 saturated carbocycles. The van der Waals surface area contributed by atoms with Crippen molar-refractivity contribution in [2.45, 2.75) is 50.6 Å². The molecule has 0 spiro atoms. The van der Waals surface area contributed by atoms with E-state index in [1.807, 2.05) is 0 Å². The number of carbonyl (C=O) groups is 1. The molecule has 1 aliphatic heterocycles. The summed E-state index contributed by atoms with van der Waals surface area (Å²) in [6.07, 6.45) is 2.81. The standard InChI is InChI=1S/C27H23F3N8O/c1-15-25(39)38(20-4-2-3-16(9-20)12-31)22-14-32-26(34-18-10-17-13-33-36-23(17)21(28)11-18)35-24(22)37(15)19-5-7-27(29,30)8-6-19/h2-4,9-11,13-15,19H,5-8H2,1H3,(H,33,36)(H,32,34,35)/t15-/m1/s1. The number of hydrogen-bond donors (Lipinski definition) is 2. The van der Waals surface area contributed by atoms with Crippen molar-refractivity contribution in [1.29, 1.82) is 5.26 Å². The fourth-order valence-corrected chi connectivity index (χ4v) is 5.37. The maximum atomic E-state index is 14.5. The molecular weight excluding hydrogens is 509 g/mol. The highest BCUT2D eigenvalue weighted by Crippen LogP contribution is 2.44. The topological polar surface area (TPSA) is 114 Å². The number of H-pyrrole nitrogens is 1. The number of benzene rings is 2. The average Bonchev–Trinajstić information content (AvgIpc) is 3.40. The summed E-state index contributed by atoms with van der Waals surface area (Å²) >= 11 is 0. The first kappa shape index (κ1) is 24.7. The lowest BCUT2D eigenvalue weighted by atomic mass is 9.89. The zero-order valence-corrected chi connectivity index (χ0v) is 20.8. The summed E-state index contributed by atoms with van der Waals surface area (Å²) < 4.78 is 42.5. The molecule has 0 saturated heterocycles. The zero-order chi connectivity index (χ0) is 27.3. The van der Waals surface area contributed by atoms with Gasteiger partial charge in [0.05, 0.1) is 29.7 Å². The van der Waals surface area contributed by atoms with Crippen molar-refractivity contribution in [3.05, 3.63) is 60.2 Å². The predicted molar refractivity (Wildman–Crippen MR) is 139 cm³/mol. The molecule has 0 bridgehead atoms. The van der Waals surface area contributed by atoms with Gasteiger partial charge in [-0.25, -0.2) is 18.2 Å². The van der Waals surface area contributed by atoms with E-state index in [-0.39, 0.29) is 49.1 Å². The van der Waals surface area contributed by atoms with Crippen LogP contribution in [0.5, 0.6) is 0 Å². The van der Waals surface area contributed by atoms with Gasteiger partial charge in [-0.3, -0.25) is 14.8 Å². The van der Waals surface area contributed by atoms with Crippen LogP contribution in [0.2, 0.25) is 0 Å². The van der Waals surface area contributed by atoms with E-state index in [4.69, 9.17) is 4.98 Å². The fraction of sp³-hybridized carbons (Fsp3) is 0.296. The highest BCUT2D eigenvalue weighted by atomic mass is 19.3. The first-order chi connectivity index (χ1) is 18.7. The summed E-state index contributed by atoms with van der Waals surface area (Å²) in [6, 6.07) is 10.6. The van der Waals surface area contributed by atoms with Gasteiger partial charge in [-0.2, -0.15) is 15.3 Å². The number of amides is 1. The number of nitriles is 1. The smallest absolute Gasteiger partial charge is 0.254 e. The molecule has 2 aromatic carbocycles. The Labute approximate surface area is 221 Å². The van der Waals surface area contributed by atoms with E-state index in [0.29, 0.717) is 33.8 Å². The first-order valence-corrected chi connectivity index (χ1v) is 12.5. The highest BCUT2D eigenvalue weighted by molar-refractivity contribution is 6.10. The van der Waals surface area contributed by atoms with Gasteiger partial charge in [0, 0.05) is 30.0 Å². The van der Waals surface area contributed by atoms with Crippen molar-refractivity contribution >= 4 is 45.6 Å². The van der Waals surface area contributed by atoms with Gasteiger partial charge in [0.2, 0.25) is 11.9 Å². The molecular formula is C27H23F3N8O. The van der Waals surface area contributed by atoms with Gasteiger partial charge in [0.1, 0.15) is 17.2 Å². The van der Waals surface area contributed by atoms with Gasteiger partial charge in [-0.1, -0.05) is 6.07 Å². The van der Waals surface area contributed by atoms with Gasteiger partial charge in [0.25, 0.3) is 5.91 Å². The SMILES string of the molecule is C[C@@H]1C(=O)N(c2cccc(C#N)c2)c2cnc(Nc3cc(F)c4[nH]ncc4c3)nc2N1C1CCC(F)(F)CC1. The van der Waals surface area contributed by atoms with Crippen molar-refractivity contribution in [1.82, 2.24) is 20.2 Å². The molecule has 6 rings (SSSR count). The van der Waals surface area contributed by atoms with Crippen LogP contribution in [0, 0.1) is 17.1 Å². The van der Waals surface area contributed by atoms with Crippen LogP contribution in [0.3, 0.4) is 0 Å². The molecule has 2 aliphatic rings. The number of fused-ring (bicyclic) bond motifs is 2. The van der Waals surface area contributed by atoms with Crippen molar-refractivity contribution in [2.24, 2.45) is 0 Å². The lowest BCUT2D eigenvalue weighted by Crippen LogP contribution is -2.56. The first-order valence-electron chi connectivity index (χ1n) is 12.5. The minimum atomic E-state index is -2.74. The number of rotatable bonds is 4. The molecule has 2 N–H and O–H groups in total. The van der Waals surface area contributed by atoms with Gasteiger partial charge in [-0.05, 0) is 50.1 Å². The molecule has 0 unspecified atom stereocenters. The van der Waals surface area contributed by atoms with Crippen molar-refractivity contribution in [2.75, 3.05) is 15.1 Å². The summed E-state index contributed by atoms with van der Waals surface area (Å²) in [5.74, 6) is -2.98. The van der Waals surface area contributed by atoms with Gasteiger partial charge >= 0.3 is 0 Å². The van der Waals surface area contributed by atoms with Crippen molar-refractivity contribution < 1.29 is 18.0 Å². The number of hydrogen-bond acceptors (Lipinski definition) is 7. The quantitative estimate of drug-likeness (QED) is 0.354. The number of aromatic nitrogens is 4. The number of carbonyl (C=O) groups excluding carboxylic acids is 1. The molecule has 0 radical (unpaired) electrons. The van der Waals surface area contributed by atoms with Gasteiger partial charge in [-0.15, -0.1) is 0 Å². The van der Waals surface area contributed by atoms with E-state index in [1.54, 1.807) is 42.2 Å². The lowest BCUT2D eigenvalue weighted by molar-refractivity contribution is -0.119. The van der Waals surface area contributed by atoms with E-state index < -0.39 is 17.8 Å². The van der Waals surface area contributed by atoms with Crippen LogP contribution in [-0.2, 0) is 4.79 Å². The molecule has 198 valence electrons. The van der Waals surface area contributed by atoms with E-state index in [9.17, 15) is 23.2 Å². The van der Waals surface area contributed by atoms with Crippen LogP contribution >= 0.6 is 0 Å². The Morgan fingerprint density at radius 1 is 1.18 bits per heavy atom. The molecule has 2 aromatic heterocycles. The fourth-order valence-electron chi connectivity index (χ4n) is 5.37. The predicted octanol–water partition coefficient (Wildman–Crippen LogP) is 5.56. The number of anilines is 5. The summed E-state index contributed by atoms with van der Waals surface area (Å²) in [5, 5.41) is 19.4. The molecule has 1 aliphatic carbocycles. The van der Waals surface area contributed by atoms with E-state index in [0.717, 1.165) is 0 Å². The third kappa shape index (κ3) is 4.39. The molecule has 39 heavy (non-hydrogen) atoms. The molecule has 9 nitrogen and oxygen atoms in total. The van der Waals surface area contributed by atoms with Crippen LogP contribution in [-0.4, -0.2) is 44.1 Å². The van der Waals surface area contributed by atoms with Crippen LogP contribution in [0.4, 0.5) is 42.0 Å². The summed E-state index contributed by atoms with van der Waals surface area (Å²) in [6.45, 7) is 1.72. The maximum absolute atomic E-state index is 14.5. The monoisotopic (exact) mass is 532 g/mol. The number of aromatic amines is 1. The van der Waals surface area contributed by atoms with Crippen LogP contribution < -0.4 is 15.1 Å². The molecule has 1 atom stereocenters. The van der Waals surface area contributed by atoms with Crippen molar-refractivity contribution in [3.8, 4) is 6.07 Å². The second-order valence-corrected chi connectivity index (χ2v) is 9.83.